The predicted molar refractivity (Wildman–Crippen MR) is 115 cm³/mol. The van der Waals surface area contributed by atoms with Crippen LogP contribution in [0, 0.1) is 13.8 Å². The zero-order valence-corrected chi connectivity index (χ0v) is 17.2. The summed E-state index contributed by atoms with van der Waals surface area (Å²) in [5.41, 5.74) is 6.73. The molecule has 0 saturated heterocycles. The number of anilines is 1. The lowest BCUT2D eigenvalue weighted by Crippen LogP contribution is -2.15. The first-order chi connectivity index (χ1) is 13.8. The van der Waals surface area contributed by atoms with E-state index < -0.39 is 21.6 Å². The van der Waals surface area contributed by atoms with Gasteiger partial charge in [-0.2, -0.15) is 0 Å². The number of aliphatic carboxylic acids is 1. The van der Waals surface area contributed by atoms with E-state index in [4.69, 9.17) is 5.11 Å². The summed E-state index contributed by atoms with van der Waals surface area (Å²) in [7, 11) is -3.82. The number of hydrogen-bond acceptors (Lipinski definition) is 4. The van der Waals surface area contributed by atoms with Crippen molar-refractivity contribution in [3.05, 3.63) is 83.4 Å². The Morgan fingerprint density at radius 3 is 2.17 bits per heavy atom. The fourth-order valence-corrected chi connectivity index (χ4v) is 4.38. The minimum atomic E-state index is -3.82. The Bertz CT molecular complexity index is 1120. The third-order valence-electron chi connectivity index (χ3n) is 4.72. The van der Waals surface area contributed by atoms with E-state index in [0.29, 0.717) is 6.54 Å². The van der Waals surface area contributed by atoms with Crippen LogP contribution in [-0.4, -0.2) is 25.2 Å². The molecule has 0 bridgehead atoms. The van der Waals surface area contributed by atoms with Gasteiger partial charge in [0, 0.05) is 12.2 Å². The maximum absolute atomic E-state index is 12.0. The molecule has 3 aromatic rings. The molecule has 0 fully saturated rings. The van der Waals surface area contributed by atoms with E-state index in [9.17, 15) is 13.2 Å². The lowest BCUT2D eigenvalue weighted by molar-refractivity contribution is -0.134. The molecular formula is C23H23NO4S. The van der Waals surface area contributed by atoms with Crippen LogP contribution in [0.3, 0.4) is 0 Å². The largest absolute Gasteiger partial charge is 0.480 e. The van der Waals surface area contributed by atoms with Crippen molar-refractivity contribution in [3.8, 4) is 11.1 Å². The number of nitrogens with one attached hydrogen (secondary N) is 1. The Balaban J connectivity index is 1.73. The summed E-state index contributed by atoms with van der Waals surface area (Å²) in [5.74, 6) is -2.28. The maximum Gasteiger partial charge on any atom is 0.319 e. The lowest BCUT2D eigenvalue weighted by atomic mass is 9.95. The molecule has 0 radical (unpaired) electrons. The second kappa shape index (κ2) is 8.49. The first-order valence-electron chi connectivity index (χ1n) is 9.20. The monoisotopic (exact) mass is 409 g/mol. The summed E-state index contributed by atoms with van der Waals surface area (Å²) in [6, 6.07) is 20.7. The van der Waals surface area contributed by atoms with Crippen molar-refractivity contribution >= 4 is 21.5 Å². The second-order valence-electron chi connectivity index (χ2n) is 7.00. The van der Waals surface area contributed by atoms with E-state index in [-0.39, 0.29) is 4.90 Å². The number of hydrogen-bond donors (Lipinski definition) is 2. The average molecular weight is 410 g/mol. The molecule has 29 heavy (non-hydrogen) atoms. The molecule has 2 N–H and O–H groups in total. The van der Waals surface area contributed by atoms with Crippen molar-refractivity contribution in [1.29, 1.82) is 0 Å². The van der Waals surface area contributed by atoms with Crippen LogP contribution in [0.2, 0.25) is 0 Å². The molecule has 3 aromatic carbocycles. The van der Waals surface area contributed by atoms with Crippen molar-refractivity contribution in [2.24, 2.45) is 0 Å². The molecular weight excluding hydrogens is 386 g/mol. The Hall–Kier alpha value is -3.12. The number of carbonyl (C=O) groups is 1. The Kier molecular flexibility index (Phi) is 6.03. The molecule has 6 heteroatoms. The highest BCUT2D eigenvalue weighted by atomic mass is 32.2. The van der Waals surface area contributed by atoms with E-state index in [0.717, 1.165) is 16.8 Å². The van der Waals surface area contributed by atoms with Gasteiger partial charge in [0.1, 0.15) is 0 Å². The molecule has 0 unspecified atom stereocenters. The lowest BCUT2D eigenvalue weighted by Gasteiger charge is -2.12. The van der Waals surface area contributed by atoms with Crippen molar-refractivity contribution < 1.29 is 18.3 Å². The standard InChI is InChI=1S/C23H23NO4S/c1-16-5-3-6-17(2)23(16)19-8-4-7-18(13-19)14-24-20-9-11-21(12-10-20)29(27,28)15-22(25)26/h3-13,24H,14-15H2,1-2H3,(H,25,26). The number of rotatable bonds is 7. The molecule has 0 heterocycles. The van der Waals surface area contributed by atoms with Gasteiger partial charge in [-0.3, -0.25) is 4.79 Å². The molecule has 0 aliphatic heterocycles. The van der Waals surface area contributed by atoms with Gasteiger partial charge in [-0.05, 0) is 72.0 Å². The number of sulfone groups is 1. The predicted octanol–water partition coefficient (Wildman–Crippen LogP) is 4.44. The summed E-state index contributed by atoms with van der Waals surface area (Å²) in [6.07, 6.45) is 0. The van der Waals surface area contributed by atoms with Crippen LogP contribution in [0.4, 0.5) is 5.69 Å². The Morgan fingerprint density at radius 2 is 1.55 bits per heavy atom. The Labute approximate surface area is 171 Å². The molecule has 0 amide bonds. The minimum absolute atomic E-state index is 0.00229. The summed E-state index contributed by atoms with van der Waals surface area (Å²) in [6.45, 7) is 4.79. The molecule has 5 nitrogen and oxygen atoms in total. The highest BCUT2D eigenvalue weighted by Crippen LogP contribution is 2.28. The highest BCUT2D eigenvalue weighted by Gasteiger charge is 2.18. The first kappa shape index (κ1) is 20.6. The van der Waals surface area contributed by atoms with Gasteiger partial charge >= 0.3 is 5.97 Å². The topological polar surface area (TPSA) is 83.5 Å². The van der Waals surface area contributed by atoms with E-state index >= 15 is 0 Å². The summed E-state index contributed by atoms with van der Waals surface area (Å²) < 4.78 is 23.9. The van der Waals surface area contributed by atoms with Gasteiger partial charge in [0.05, 0.1) is 4.90 Å². The number of carboxylic acids is 1. The van der Waals surface area contributed by atoms with Gasteiger partial charge in [-0.1, -0.05) is 36.4 Å². The molecule has 0 aliphatic carbocycles. The van der Waals surface area contributed by atoms with Crippen LogP contribution in [0.25, 0.3) is 11.1 Å². The smallest absolute Gasteiger partial charge is 0.319 e. The Morgan fingerprint density at radius 1 is 0.931 bits per heavy atom. The van der Waals surface area contributed by atoms with E-state index in [1.54, 1.807) is 12.1 Å². The summed E-state index contributed by atoms with van der Waals surface area (Å²) in [4.78, 5) is 10.7. The number of carboxylic acid groups (broad SMARTS) is 1. The van der Waals surface area contributed by atoms with Gasteiger partial charge in [-0.15, -0.1) is 0 Å². The maximum atomic E-state index is 12.0. The highest BCUT2D eigenvalue weighted by molar-refractivity contribution is 7.92. The van der Waals surface area contributed by atoms with Crippen molar-refractivity contribution in [3.63, 3.8) is 0 Å². The van der Waals surface area contributed by atoms with Crippen molar-refractivity contribution in [2.75, 3.05) is 11.1 Å². The van der Waals surface area contributed by atoms with E-state index in [1.807, 2.05) is 12.1 Å². The van der Waals surface area contributed by atoms with Crippen molar-refractivity contribution in [1.82, 2.24) is 0 Å². The SMILES string of the molecule is Cc1cccc(C)c1-c1cccc(CNc2ccc(S(=O)(=O)CC(=O)O)cc2)c1. The van der Waals surface area contributed by atoms with Crippen LogP contribution in [-0.2, 0) is 21.2 Å². The van der Waals surface area contributed by atoms with Crippen molar-refractivity contribution in [2.45, 2.75) is 25.3 Å². The summed E-state index contributed by atoms with van der Waals surface area (Å²) >= 11 is 0. The van der Waals surface area contributed by atoms with Crippen LogP contribution >= 0.6 is 0 Å². The molecule has 150 valence electrons. The van der Waals surface area contributed by atoms with Gasteiger partial charge in [0.25, 0.3) is 0 Å². The molecule has 0 aliphatic rings. The van der Waals surface area contributed by atoms with Gasteiger partial charge < -0.3 is 10.4 Å². The van der Waals surface area contributed by atoms with Crippen LogP contribution < -0.4 is 5.32 Å². The minimum Gasteiger partial charge on any atom is -0.480 e. The zero-order valence-electron chi connectivity index (χ0n) is 16.3. The number of aryl methyl sites for hydroxylation is 2. The second-order valence-corrected chi connectivity index (χ2v) is 8.99. The zero-order chi connectivity index (χ0) is 21.0. The molecule has 0 spiro atoms. The van der Waals surface area contributed by atoms with Gasteiger partial charge in [0.2, 0.25) is 0 Å². The molecule has 0 saturated carbocycles. The van der Waals surface area contributed by atoms with Gasteiger partial charge in [0.15, 0.2) is 15.6 Å². The van der Waals surface area contributed by atoms with Crippen LogP contribution in [0.1, 0.15) is 16.7 Å². The summed E-state index contributed by atoms with van der Waals surface area (Å²) in [5, 5.41) is 12.0. The first-order valence-corrected chi connectivity index (χ1v) is 10.9. The molecule has 0 aromatic heterocycles. The quantitative estimate of drug-likeness (QED) is 0.603. The molecule has 0 atom stereocenters. The van der Waals surface area contributed by atoms with Crippen LogP contribution in [0.15, 0.2) is 71.6 Å². The fraction of sp³-hybridized carbons (Fsp3) is 0.174. The van der Waals surface area contributed by atoms with E-state index in [1.165, 1.54) is 28.8 Å². The third kappa shape index (κ3) is 5.03. The fourth-order valence-electron chi connectivity index (χ4n) is 3.34. The van der Waals surface area contributed by atoms with Crippen LogP contribution in [0.5, 0.6) is 0 Å². The average Bonchev–Trinajstić information content (AvgIpc) is 2.66. The normalized spacial score (nSPS) is 11.2. The number of benzene rings is 3. The third-order valence-corrected chi connectivity index (χ3v) is 6.34. The molecule has 3 rings (SSSR count). The van der Waals surface area contributed by atoms with E-state index in [2.05, 4.69) is 49.5 Å². The van der Waals surface area contributed by atoms with Gasteiger partial charge in [-0.25, -0.2) is 8.42 Å².